The van der Waals surface area contributed by atoms with E-state index in [4.69, 9.17) is 4.74 Å². The van der Waals surface area contributed by atoms with Crippen molar-refractivity contribution in [2.24, 2.45) is 0 Å². The number of carbonyl (C=O) groups excluding carboxylic acids is 2. The SMILES string of the molecule is C=C/C=C(\C)C#CC#Cc1cnc([C@@H]2CCCN2C(=O)[C@H](NC(=O)OC)c2ccccc2)[nH]1. The molecule has 2 heterocycles. The number of hydrogen-bond acceptors (Lipinski definition) is 4. The van der Waals surface area contributed by atoms with Gasteiger partial charge in [-0.25, -0.2) is 9.78 Å². The third-order valence-electron chi connectivity index (χ3n) is 5.16. The van der Waals surface area contributed by atoms with Crippen molar-refractivity contribution < 1.29 is 14.3 Å². The molecular formula is C26H26N4O3. The van der Waals surface area contributed by atoms with Gasteiger partial charge in [-0.15, -0.1) is 0 Å². The Hall–Kier alpha value is -4.23. The van der Waals surface area contributed by atoms with Crippen molar-refractivity contribution in [3.8, 4) is 23.7 Å². The normalized spacial score (nSPS) is 16.0. The van der Waals surface area contributed by atoms with E-state index in [2.05, 4.69) is 45.5 Å². The van der Waals surface area contributed by atoms with Crippen LogP contribution in [0.15, 0.2) is 60.8 Å². The van der Waals surface area contributed by atoms with Crippen LogP contribution < -0.4 is 5.32 Å². The van der Waals surface area contributed by atoms with Crippen LogP contribution in [0.1, 0.15) is 48.9 Å². The van der Waals surface area contributed by atoms with Crippen LogP contribution in [0.5, 0.6) is 0 Å². The van der Waals surface area contributed by atoms with Crippen LogP contribution in [-0.4, -0.2) is 40.5 Å². The lowest BCUT2D eigenvalue weighted by Gasteiger charge is -2.28. The number of methoxy groups -OCH3 is 1. The highest BCUT2D eigenvalue weighted by Gasteiger charge is 2.36. The molecule has 0 spiro atoms. The van der Waals surface area contributed by atoms with E-state index in [0.717, 1.165) is 18.4 Å². The maximum Gasteiger partial charge on any atom is 0.407 e. The van der Waals surface area contributed by atoms with E-state index in [1.54, 1.807) is 29.3 Å². The number of likely N-dealkylation sites (tertiary alicyclic amines) is 1. The maximum absolute atomic E-state index is 13.5. The van der Waals surface area contributed by atoms with Gasteiger partial charge in [0.1, 0.15) is 17.6 Å². The van der Waals surface area contributed by atoms with E-state index >= 15 is 0 Å². The molecule has 7 heteroatoms. The molecule has 2 amide bonds. The molecule has 2 N–H and O–H groups in total. The Labute approximate surface area is 193 Å². The molecule has 1 aromatic carbocycles. The summed E-state index contributed by atoms with van der Waals surface area (Å²) in [5.74, 6) is 11.9. The number of allylic oxidation sites excluding steroid dienone is 3. The number of alkyl carbamates (subject to hydrolysis) is 1. The van der Waals surface area contributed by atoms with Crippen molar-refractivity contribution in [1.29, 1.82) is 0 Å². The molecule has 1 fully saturated rings. The molecule has 1 aromatic heterocycles. The molecule has 0 aliphatic carbocycles. The molecule has 0 saturated carbocycles. The third kappa shape index (κ3) is 6.15. The summed E-state index contributed by atoms with van der Waals surface area (Å²) in [4.78, 5) is 34.8. The lowest BCUT2D eigenvalue weighted by Crippen LogP contribution is -2.42. The second-order valence-electron chi connectivity index (χ2n) is 7.44. The number of nitrogens with one attached hydrogen (secondary N) is 2. The average molecular weight is 443 g/mol. The Morgan fingerprint density at radius 2 is 2.12 bits per heavy atom. The number of ether oxygens (including phenoxy) is 1. The van der Waals surface area contributed by atoms with E-state index < -0.39 is 12.1 Å². The van der Waals surface area contributed by atoms with E-state index in [1.807, 2.05) is 31.2 Å². The molecule has 2 aromatic rings. The number of hydrogen-bond donors (Lipinski definition) is 2. The Balaban J connectivity index is 1.79. The van der Waals surface area contributed by atoms with Crippen molar-refractivity contribution in [2.45, 2.75) is 31.8 Å². The lowest BCUT2D eigenvalue weighted by atomic mass is 10.1. The minimum absolute atomic E-state index is 0.214. The van der Waals surface area contributed by atoms with Gasteiger partial charge in [0.2, 0.25) is 0 Å². The van der Waals surface area contributed by atoms with Gasteiger partial charge in [-0.1, -0.05) is 55.0 Å². The van der Waals surface area contributed by atoms with Gasteiger partial charge in [-0.2, -0.15) is 0 Å². The molecule has 0 unspecified atom stereocenters. The van der Waals surface area contributed by atoms with Gasteiger partial charge in [-0.05, 0) is 48.7 Å². The monoisotopic (exact) mass is 442 g/mol. The molecule has 33 heavy (non-hydrogen) atoms. The van der Waals surface area contributed by atoms with E-state index in [1.165, 1.54) is 7.11 Å². The minimum atomic E-state index is -0.851. The number of amides is 2. The van der Waals surface area contributed by atoms with E-state index in [0.29, 0.717) is 23.6 Å². The Morgan fingerprint density at radius 3 is 2.85 bits per heavy atom. The summed E-state index contributed by atoms with van der Waals surface area (Å²) in [6, 6.07) is 8.03. The number of carbonyl (C=O) groups is 2. The van der Waals surface area contributed by atoms with E-state index in [9.17, 15) is 9.59 Å². The zero-order valence-corrected chi connectivity index (χ0v) is 18.7. The number of aromatic nitrogens is 2. The number of rotatable bonds is 5. The van der Waals surface area contributed by atoms with Gasteiger partial charge in [0.15, 0.2) is 0 Å². The van der Waals surface area contributed by atoms with Crippen LogP contribution >= 0.6 is 0 Å². The van der Waals surface area contributed by atoms with Gasteiger partial charge < -0.3 is 19.9 Å². The van der Waals surface area contributed by atoms with Gasteiger partial charge >= 0.3 is 6.09 Å². The smallest absolute Gasteiger partial charge is 0.407 e. The molecule has 1 aliphatic heterocycles. The summed E-state index contributed by atoms with van der Waals surface area (Å²) in [5.41, 5.74) is 2.18. The van der Waals surface area contributed by atoms with Crippen molar-refractivity contribution in [3.63, 3.8) is 0 Å². The lowest BCUT2D eigenvalue weighted by molar-refractivity contribution is -0.134. The first-order chi connectivity index (χ1) is 16.0. The molecule has 0 bridgehead atoms. The first-order valence-electron chi connectivity index (χ1n) is 10.6. The molecule has 2 atom stereocenters. The van der Waals surface area contributed by atoms with Crippen LogP contribution in [-0.2, 0) is 9.53 Å². The summed E-state index contributed by atoms with van der Waals surface area (Å²) < 4.78 is 4.73. The van der Waals surface area contributed by atoms with Crippen molar-refractivity contribution >= 4 is 12.0 Å². The number of H-pyrrole nitrogens is 1. The topological polar surface area (TPSA) is 87.3 Å². The predicted molar refractivity (Wildman–Crippen MR) is 126 cm³/mol. The molecule has 168 valence electrons. The largest absolute Gasteiger partial charge is 0.453 e. The number of imidazole rings is 1. The minimum Gasteiger partial charge on any atom is -0.453 e. The standard InChI is InChI=1S/C26H26N4O3/c1-4-11-19(2)12-8-9-15-21-18-27-24(28-21)22-16-10-17-30(22)25(31)23(29-26(32)33-3)20-13-6-5-7-14-20/h4-7,11,13-14,18,22-23H,1,10,16-17H2,2-3H3,(H,27,28)(H,29,32)/b19-11+/t22-,23+/m0/s1. The van der Waals surface area contributed by atoms with Crippen LogP contribution in [0.2, 0.25) is 0 Å². The molecular weight excluding hydrogens is 416 g/mol. The van der Waals surface area contributed by atoms with Crippen LogP contribution in [0.3, 0.4) is 0 Å². The first-order valence-corrected chi connectivity index (χ1v) is 10.6. The first kappa shape index (κ1) is 23.4. The highest BCUT2D eigenvalue weighted by molar-refractivity contribution is 5.87. The van der Waals surface area contributed by atoms with Gasteiger partial charge in [-0.3, -0.25) is 4.79 Å². The third-order valence-corrected chi connectivity index (χ3v) is 5.16. The zero-order chi connectivity index (χ0) is 23.6. The summed E-state index contributed by atoms with van der Waals surface area (Å²) >= 11 is 0. The zero-order valence-electron chi connectivity index (χ0n) is 18.7. The number of aromatic amines is 1. The summed E-state index contributed by atoms with van der Waals surface area (Å²) in [7, 11) is 1.27. The predicted octanol–water partition coefficient (Wildman–Crippen LogP) is 3.66. The fourth-order valence-corrected chi connectivity index (χ4v) is 3.61. The quantitative estimate of drug-likeness (QED) is 0.547. The number of nitrogens with zero attached hydrogens (tertiary/aromatic N) is 2. The van der Waals surface area contributed by atoms with Crippen LogP contribution in [0.25, 0.3) is 0 Å². The average Bonchev–Trinajstić information content (AvgIpc) is 3.50. The number of benzene rings is 1. The van der Waals surface area contributed by atoms with Crippen molar-refractivity contribution in [2.75, 3.05) is 13.7 Å². The van der Waals surface area contributed by atoms with Gasteiger partial charge in [0, 0.05) is 6.54 Å². The Morgan fingerprint density at radius 1 is 1.33 bits per heavy atom. The maximum atomic E-state index is 13.5. The van der Waals surface area contributed by atoms with Crippen molar-refractivity contribution in [1.82, 2.24) is 20.2 Å². The fourth-order valence-electron chi connectivity index (χ4n) is 3.61. The van der Waals surface area contributed by atoms with Gasteiger partial charge in [0.25, 0.3) is 5.91 Å². The van der Waals surface area contributed by atoms with Crippen LogP contribution in [0, 0.1) is 23.7 Å². The second kappa shape index (κ2) is 11.4. The van der Waals surface area contributed by atoms with Crippen LogP contribution in [0.4, 0.5) is 4.79 Å². The van der Waals surface area contributed by atoms with Gasteiger partial charge in [0.05, 0.1) is 19.3 Å². The molecule has 3 rings (SSSR count). The summed E-state index contributed by atoms with van der Waals surface area (Å²) in [5, 5.41) is 2.66. The molecule has 0 radical (unpaired) electrons. The highest BCUT2D eigenvalue weighted by atomic mass is 16.5. The molecule has 7 nitrogen and oxygen atoms in total. The summed E-state index contributed by atoms with van der Waals surface area (Å²) in [6.07, 6.45) is 6.06. The highest BCUT2D eigenvalue weighted by Crippen LogP contribution is 2.32. The van der Waals surface area contributed by atoms with E-state index in [-0.39, 0.29) is 11.9 Å². The fraction of sp³-hybridized carbons (Fsp3) is 0.269. The Kier molecular flexibility index (Phi) is 8.10. The molecule has 1 aliphatic rings. The second-order valence-corrected chi connectivity index (χ2v) is 7.44. The molecule has 1 saturated heterocycles. The Bertz CT molecular complexity index is 1160. The van der Waals surface area contributed by atoms with Crippen molar-refractivity contribution in [3.05, 3.63) is 77.9 Å². The summed E-state index contributed by atoms with van der Waals surface area (Å²) in [6.45, 7) is 6.08.